The molecule has 0 aliphatic rings. The highest BCUT2D eigenvalue weighted by Gasteiger charge is 2.19. The van der Waals surface area contributed by atoms with Crippen molar-refractivity contribution in [2.75, 3.05) is 63.1 Å². The van der Waals surface area contributed by atoms with E-state index >= 15 is 0 Å². The molecule has 40 heavy (non-hydrogen) atoms. The Bertz CT molecular complexity index is 1770. The average Bonchev–Trinajstić information content (AvgIpc) is 3.36. The van der Waals surface area contributed by atoms with Crippen LogP contribution in [0.5, 0.6) is 5.75 Å². The maximum Gasteiger partial charge on any atom is 0.247 e. The summed E-state index contributed by atoms with van der Waals surface area (Å²) in [5.74, 6) is 0.171. The van der Waals surface area contributed by atoms with Crippen LogP contribution in [0.1, 0.15) is 4.11 Å². The SMILES string of the molecule is [2H]C([2H])([2H])N(C)CCN(C)c1cc(OC)c(Nc2nccc(-c3cn(S(C)(=O)=O)c4ccccc34)n2)cc1NC(=O)C=C. The molecule has 2 heterocycles. The molecule has 2 N–H and O–H groups in total. The Morgan fingerprint density at radius 3 is 2.67 bits per heavy atom. The van der Waals surface area contributed by atoms with Crippen molar-refractivity contribution in [3.63, 3.8) is 0 Å². The van der Waals surface area contributed by atoms with Crippen molar-refractivity contribution in [2.24, 2.45) is 0 Å². The van der Waals surface area contributed by atoms with E-state index in [2.05, 4.69) is 27.2 Å². The molecule has 0 saturated heterocycles. The average molecular weight is 567 g/mol. The second-order valence-corrected chi connectivity index (χ2v) is 11.0. The number of para-hydroxylation sites is 1. The fourth-order valence-corrected chi connectivity index (χ4v) is 4.99. The number of carbonyl (C=O) groups is 1. The molecule has 0 bridgehead atoms. The predicted octanol–water partition coefficient (Wildman–Crippen LogP) is 3.78. The standard InChI is InChI=1S/C28H33N7O4S/c1-7-27(36)30-22-16-23(26(39-5)17-25(22)34(4)15-14-33(2)3)32-28-29-13-12-21(31-28)20-18-35(40(6,37)38)24-11-9-8-10-19(20)24/h7-13,16-18H,1,14-15H2,2-6H3,(H,30,36)(H,29,31,32)/i2D3. The van der Waals surface area contributed by atoms with Gasteiger partial charge in [-0.2, -0.15) is 0 Å². The molecular formula is C28H33N7O4S. The zero-order valence-electron chi connectivity index (χ0n) is 25.7. The topological polar surface area (TPSA) is 122 Å². The van der Waals surface area contributed by atoms with E-state index in [1.54, 1.807) is 43.6 Å². The van der Waals surface area contributed by atoms with E-state index in [0.717, 1.165) is 12.3 Å². The van der Waals surface area contributed by atoms with Crippen molar-refractivity contribution in [2.45, 2.75) is 0 Å². The zero-order chi connectivity index (χ0) is 31.5. The molecule has 0 atom stereocenters. The number of carbonyl (C=O) groups excluding carboxylic acids is 1. The summed E-state index contributed by atoms with van der Waals surface area (Å²) in [5.41, 5.74) is 3.07. The van der Waals surface area contributed by atoms with E-state index in [4.69, 9.17) is 8.85 Å². The van der Waals surface area contributed by atoms with Gasteiger partial charge in [0.2, 0.25) is 21.9 Å². The van der Waals surface area contributed by atoms with Crippen molar-refractivity contribution < 1.29 is 22.1 Å². The normalized spacial score (nSPS) is 12.9. The number of anilines is 4. The minimum absolute atomic E-state index is 0.202. The fraction of sp³-hybridized carbons (Fsp3) is 0.250. The van der Waals surface area contributed by atoms with E-state index < -0.39 is 22.9 Å². The highest BCUT2D eigenvalue weighted by molar-refractivity contribution is 7.89. The lowest BCUT2D eigenvalue weighted by atomic mass is 10.1. The lowest BCUT2D eigenvalue weighted by Crippen LogP contribution is -2.29. The molecule has 0 radical (unpaired) electrons. The summed E-state index contributed by atoms with van der Waals surface area (Å²) >= 11 is 0. The van der Waals surface area contributed by atoms with Gasteiger partial charge in [0.1, 0.15) is 5.75 Å². The second-order valence-electron chi connectivity index (χ2n) is 9.12. The summed E-state index contributed by atoms with van der Waals surface area (Å²) in [4.78, 5) is 24.3. The van der Waals surface area contributed by atoms with Gasteiger partial charge < -0.3 is 25.2 Å². The van der Waals surface area contributed by atoms with Crippen LogP contribution >= 0.6 is 0 Å². The largest absolute Gasteiger partial charge is 0.494 e. The Morgan fingerprint density at radius 2 is 1.98 bits per heavy atom. The summed E-state index contributed by atoms with van der Waals surface area (Å²) in [5, 5.41) is 6.64. The van der Waals surface area contributed by atoms with Gasteiger partial charge in [-0.15, -0.1) is 0 Å². The number of aromatic nitrogens is 3. The molecule has 0 unspecified atom stereocenters. The number of amides is 1. The van der Waals surface area contributed by atoms with Crippen LogP contribution in [-0.4, -0.2) is 80.7 Å². The number of hydrogen-bond donors (Lipinski definition) is 2. The molecule has 12 heteroatoms. The first-order valence-electron chi connectivity index (χ1n) is 13.7. The first-order chi connectivity index (χ1) is 20.2. The highest BCUT2D eigenvalue weighted by atomic mass is 32.2. The molecule has 2 aromatic heterocycles. The summed E-state index contributed by atoms with van der Waals surface area (Å²) in [6, 6.07) is 12.2. The van der Waals surface area contributed by atoms with Gasteiger partial charge >= 0.3 is 0 Å². The number of benzene rings is 2. The quantitative estimate of drug-likeness (QED) is 0.261. The van der Waals surface area contributed by atoms with Crippen molar-refractivity contribution in [1.29, 1.82) is 0 Å². The molecule has 11 nitrogen and oxygen atoms in total. The van der Waals surface area contributed by atoms with Gasteiger partial charge in [-0.1, -0.05) is 24.8 Å². The minimum atomic E-state index is -3.56. The third-order valence-corrected chi connectivity index (χ3v) is 7.17. The molecule has 4 rings (SSSR count). The van der Waals surface area contributed by atoms with Crippen molar-refractivity contribution in [3.05, 3.63) is 67.5 Å². The van der Waals surface area contributed by atoms with Crippen LogP contribution < -0.4 is 20.3 Å². The number of hydrogen-bond acceptors (Lipinski definition) is 9. The molecular weight excluding hydrogens is 530 g/mol. The Labute approximate surface area is 238 Å². The molecule has 4 aromatic rings. The lowest BCUT2D eigenvalue weighted by molar-refractivity contribution is -0.111. The van der Waals surface area contributed by atoms with Gasteiger partial charge in [0.05, 0.1) is 41.6 Å². The summed E-state index contributed by atoms with van der Waals surface area (Å²) < 4.78 is 54.5. The summed E-state index contributed by atoms with van der Waals surface area (Å²) in [6.07, 6.45) is 5.36. The zero-order valence-corrected chi connectivity index (χ0v) is 23.5. The number of nitrogens with one attached hydrogen (secondary N) is 2. The second kappa shape index (κ2) is 11.8. The third-order valence-electron chi connectivity index (χ3n) is 6.16. The molecule has 0 aliphatic carbocycles. The van der Waals surface area contributed by atoms with Crippen LogP contribution in [0, 0.1) is 0 Å². The smallest absolute Gasteiger partial charge is 0.247 e. The van der Waals surface area contributed by atoms with E-state index in [-0.39, 0.29) is 12.5 Å². The first kappa shape index (κ1) is 24.6. The van der Waals surface area contributed by atoms with Crippen LogP contribution in [0.4, 0.5) is 23.0 Å². The summed E-state index contributed by atoms with van der Waals surface area (Å²) in [7, 11) is 1.22. The van der Waals surface area contributed by atoms with Gasteiger partial charge in [-0.05, 0) is 38.3 Å². The Morgan fingerprint density at radius 1 is 1.20 bits per heavy atom. The van der Waals surface area contributed by atoms with Crippen LogP contribution in [0.15, 0.2) is 67.5 Å². The first-order valence-corrected chi connectivity index (χ1v) is 14.1. The monoisotopic (exact) mass is 566 g/mol. The van der Waals surface area contributed by atoms with Crippen LogP contribution in [0.3, 0.4) is 0 Å². The highest BCUT2D eigenvalue weighted by Crippen LogP contribution is 2.38. The number of nitrogens with zero attached hydrogens (tertiary/aromatic N) is 5. The van der Waals surface area contributed by atoms with Crippen molar-refractivity contribution in [1.82, 2.24) is 18.8 Å². The molecule has 0 saturated carbocycles. The molecule has 0 fully saturated rings. The third kappa shape index (κ3) is 6.24. The summed E-state index contributed by atoms with van der Waals surface area (Å²) in [6.45, 7) is 1.87. The molecule has 0 spiro atoms. The van der Waals surface area contributed by atoms with Crippen LogP contribution in [0.25, 0.3) is 22.2 Å². The number of fused-ring (bicyclic) bond motifs is 1. The van der Waals surface area contributed by atoms with Crippen LogP contribution in [-0.2, 0) is 14.8 Å². The van der Waals surface area contributed by atoms with E-state index in [1.165, 1.54) is 29.2 Å². The molecule has 2 aromatic carbocycles. The van der Waals surface area contributed by atoms with Crippen molar-refractivity contribution >= 4 is 49.8 Å². The van der Waals surface area contributed by atoms with Gasteiger partial charge in [-0.3, -0.25) is 4.79 Å². The van der Waals surface area contributed by atoms with Gasteiger partial charge in [0.25, 0.3) is 0 Å². The van der Waals surface area contributed by atoms with E-state index in [1.807, 2.05) is 17.0 Å². The van der Waals surface area contributed by atoms with E-state index in [0.29, 0.717) is 51.5 Å². The fourth-order valence-electron chi connectivity index (χ4n) is 4.17. The Kier molecular flexibility index (Phi) is 7.24. The molecule has 210 valence electrons. The number of ether oxygens (including phenoxy) is 1. The maximum absolute atomic E-state index is 12.4. The predicted molar refractivity (Wildman–Crippen MR) is 160 cm³/mol. The Balaban J connectivity index is 1.71. The number of likely N-dealkylation sites (N-methyl/N-ethyl adjacent to an activating group) is 2. The number of rotatable bonds is 11. The number of methoxy groups -OCH3 is 1. The van der Waals surface area contributed by atoms with Gasteiger partial charge in [0.15, 0.2) is 0 Å². The van der Waals surface area contributed by atoms with Gasteiger partial charge in [-0.25, -0.2) is 22.4 Å². The van der Waals surface area contributed by atoms with Crippen molar-refractivity contribution in [3.8, 4) is 17.0 Å². The Hall–Kier alpha value is -4.42. The molecule has 0 aliphatic heterocycles. The lowest BCUT2D eigenvalue weighted by Gasteiger charge is -2.26. The van der Waals surface area contributed by atoms with Crippen LogP contribution in [0.2, 0.25) is 0 Å². The maximum atomic E-state index is 12.4. The van der Waals surface area contributed by atoms with E-state index in [9.17, 15) is 13.2 Å². The minimum Gasteiger partial charge on any atom is -0.494 e. The molecule has 1 amide bonds. The van der Waals surface area contributed by atoms with Gasteiger partial charge in [0, 0.05) is 53.7 Å².